The predicted octanol–water partition coefficient (Wildman–Crippen LogP) is 0.910. The van der Waals surface area contributed by atoms with Gasteiger partial charge in [0, 0.05) is 24.6 Å². The van der Waals surface area contributed by atoms with E-state index in [-0.39, 0.29) is 0 Å². The number of aliphatic carboxylic acids is 2. The molecule has 0 saturated carbocycles. The molecule has 3 rings (SSSR count). The highest BCUT2D eigenvalue weighted by Gasteiger charge is 2.35. The van der Waals surface area contributed by atoms with Crippen LogP contribution in [0.5, 0.6) is 5.75 Å². The van der Waals surface area contributed by atoms with Crippen molar-refractivity contribution in [3.05, 3.63) is 29.8 Å². The highest BCUT2D eigenvalue weighted by Crippen LogP contribution is 2.25. The highest BCUT2D eigenvalue weighted by atomic mass is 16.6. The molecule has 2 aliphatic heterocycles. The van der Waals surface area contributed by atoms with E-state index in [1.165, 1.54) is 18.7 Å². The summed E-state index contributed by atoms with van der Waals surface area (Å²) in [6.07, 6.45) is 1.22. The first-order valence-electron chi connectivity index (χ1n) is 8.00. The summed E-state index contributed by atoms with van der Waals surface area (Å²) in [5, 5.41) is 19.0. The Morgan fingerprint density at radius 1 is 1.35 bits per heavy atom. The lowest BCUT2D eigenvalue weighted by atomic mass is 10.0. The van der Waals surface area contributed by atoms with Crippen LogP contribution in [0.25, 0.3) is 0 Å². The number of methoxy groups -OCH3 is 1. The molecule has 2 saturated heterocycles. The van der Waals surface area contributed by atoms with Gasteiger partial charge in [-0.1, -0.05) is 23.1 Å². The molecule has 26 heavy (non-hydrogen) atoms. The number of nitrogens with zero attached hydrogens (tertiary/aromatic N) is 2. The molecular weight excluding hydrogens is 340 g/mol. The number of carboxylic acid groups (broad SMARTS) is 2. The summed E-state index contributed by atoms with van der Waals surface area (Å²) >= 11 is 0. The van der Waals surface area contributed by atoms with Crippen LogP contribution in [0, 0.1) is 17.8 Å². The number of benzene rings is 1. The van der Waals surface area contributed by atoms with Crippen LogP contribution in [0.3, 0.4) is 0 Å². The van der Waals surface area contributed by atoms with Gasteiger partial charge in [-0.05, 0) is 31.2 Å². The maximum atomic E-state index is 9.10. The normalized spacial score (nSPS) is 21.2. The Bertz CT molecular complexity index is 738. The van der Waals surface area contributed by atoms with Gasteiger partial charge in [-0.25, -0.2) is 9.59 Å². The molecule has 1 aromatic carbocycles. The molecule has 2 aliphatic rings. The van der Waals surface area contributed by atoms with Crippen LogP contribution in [-0.2, 0) is 14.4 Å². The van der Waals surface area contributed by atoms with E-state index in [1.54, 1.807) is 7.11 Å². The molecule has 2 heterocycles. The number of hydrogen-bond donors (Lipinski definition) is 2. The second-order valence-corrected chi connectivity index (χ2v) is 5.72. The van der Waals surface area contributed by atoms with Gasteiger partial charge >= 0.3 is 11.9 Å². The lowest BCUT2D eigenvalue weighted by Gasteiger charge is -2.12. The zero-order valence-electron chi connectivity index (χ0n) is 14.3. The first-order chi connectivity index (χ1) is 12.5. The Morgan fingerprint density at radius 2 is 2.12 bits per heavy atom. The Kier molecular flexibility index (Phi) is 7.00. The van der Waals surface area contributed by atoms with Gasteiger partial charge in [0.1, 0.15) is 5.75 Å². The number of oxime groups is 1. The van der Waals surface area contributed by atoms with Crippen molar-refractivity contribution in [2.75, 3.05) is 33.4 Å². The number of hydrogen-bond acceptors (Lipinski definition) is 6. The monoisotopic (exact) mass is 360 g/mol. The molecule has 0 aliphatic carbocycles. The fourth-order valence-corrected chi connectivity index (χ4v) is 2.70. The first-order valence-corrected chi connectivity index (χ1v) is 8.00. The van der Waals surface area contributed by atoms with Crippen LogP contribution in [0.15, 0.2) is 29.4 Å². The van der Waals surface area contributed by atoms with Crippen LogP contribution in [0.2, 0.25) is 0 Å². The maximum Gasteiger partial charge on any atom is 0.414 e. The standard InChI is InChI=1S/C16H18N2O2.C2H2O4/c1-19-15-6-2-4-13(10-15)5-3-9-20-17-16-12-18-8-7-14(16)11-18;3-1(4)2(5)6/h2,4,6,10,14H,7-9,11-12H2,1H3;(H,3,4)(H,5,6). The van der Waals surface area contributed by atoms with E-state index in [0.29, 0.717) is 12.5 Å². The summed E-state index contributed by atoms with van der Waals surface area (Å²) < 4.78 is 5.15. The van der Waals surface area contributed by atoms with Crippen molar-refractivity contribution in [2.45, 2.75) is 6.42 Å². The molecule has 8 heteroatoms. The molecule has 0 aromatic heterocycles. The summed E-state index contributed by atoms with van der Waals surface area (Å²) in [5.41, 5.74) is 2.10. The fourth-order valence-electron chi connectivity index (χ4n) is 2.70. The van der Waals surface area contributed by atoms with Crippen LogP contribution < -0.4 is 4.74 Å². The highest BCUT2D eigenvalue weighted by molar-refractivity contribution is 6.27. The van der Waals surface area contributed by atoms with E-state index in [9.17, 15) is 0 Å². The second-order valence-electron chi connectivity index (χ2n) is 5.72. The summed E-state index contributed by atoms with van der Waals surface area (Å²) in [7, 11) is 1.65. The SMILES string of the molecule is COc1cccc(C#CCON=C2CN3CCC2C3)c1.O=C(O)C(=O)O. The van der Waals surface area contributed by atoms with Gasteiger partial charge in [0.15, 0.2) is 6.61 Å². The number of ether oxygens (including phenoxy) is 1. The van der Waals surface area contributed by atoms with E-state index >= 15 is 0 Å². The van der Waals surface area contributed by atoms with Crippen molar-refractivity contribution >= 4 is 17.7 Å². The Balaban J connectivity index is 0.000000352. The van der Waals surface area contributed by atoms with E-state index in [2.05, 4.69) is 21.9 Å². The third-order valence-corrected chi connectivity index (χ3v) is 3.93. The second kappa shape index (κ2) is 9.44. The summed E-state index contributed by atoms with van der Waals surface area (Å²) in [6.45, 7) is 3.65. The van der Waals surface area contributed by atoms with Crippen LogP contribution in [0.4, 0.5) is 0 Å². The van der Waals surface area contributed by atoms with Crippen molar-refractivity contribution in [3.63, 3.8) is 0 Å². The van der Waals surface area contributed by atoms with E-state index in [1.807, 2.05) is 24.3 Å². The van der Waals surface area contributed by atoms with E-state index < -0.39 is 11.9 Å². The number of piperidine rings is 1. The Hall–Kier alpha value is -3.05. The molecule has 2 fully saturated rings. The Morgan fingerprint density at radius 3 is 2.69 bits per heavy atom. The maximum absolute atomic E-state index is 9.10. The third kappa shape index (κ3) is 5.79. The van der Waals surface area contributed by atoms with Crippen molar-refractivity contribution in [1.82, 2.24) is 4.90 Å². The molecule has 2 bridgehead atoms. The topological polar surface area (TPSA) is 109 Å². The molecule has 0 amide bonds. The van der Waals surface area contributed by atoms with Gasteiger partial charge in [0.25, 0.3) is 0 Å². The lowest BCUT2D eigenvalue weighted by Crippen LogP contribution is -2.23. The molecule has 2 N–H and O–H groups in total. The van der Waals surface area contributed by atoms with Crippen LogP contribution in [-0.4, -0.2) is 66.1 Å². The van der Waals surface area contributed by atoms with E-state index in [0.717, 1.165) is 24.4 Å². The molecule has 0 spiro atoms. The van der Waals surface area contributed by atoms with Crippen LogP contribution in [0.1, 0.15) is 12.0 Å². The van der Waals surface area contributed by atoms with Gasteiger partial charge in [0.05, 0.1) is 12.8 Å². The predicted molar refractivity (Wildman–Crippen MR) is 93.1 cm³/mol. The van der Waals surface area contributed by atoms with Crippen LogP contribution >= 0.6 is 0 Å². The van der Waals surface area contributed by atoms with Gasteiger partial charge < -0.3 is 19.8 Å². The minimum absolute atomic E-state index is 0.327. The van der Waals surface area contributed by atoms with Crippen molar-refractivity contribution in [2.24, 2.45) is 11.1 Å². The number of carboxylic acids is 2. The molecule has 1 aromatic rings. The smallest absolute Gasteiger partial charge is 0.414 e. The summed E-state index contributed by atoms with van der Waals surface area (Å²) in [5.74, 6) is 3.79. The zero-order valence-corrected chi connectivity index (χ0v) is 14.3. The number of rotatable bonds is 3. The molecule has 0 radical (unpaired) electrons. The summed E-state index contributed by atoms with van der Waals surface area (Å²) in [4.78, 5) is 25.9. The molecule has 2 atom stereocenters. The molecule has 8 nitrogen and oxygen atoms in total. The third-order valence-electron chi connectivity index (χ3n) is 3.93. The lowest BCUT2D eigenvalue weighted by molar-refractivity contribution is -0.159. The fraction of sp³-hybridized carbons (Fsp3) is 0.389. The van der Waals surface area contributed by atoms with E-state index in [4.69, 9.17) is 29.4 Å². The van der Waals surface area contributed by atoms with Gasteiger partial charge in [-0.2, -0.15) is 0 Å². The van der Waals surface area contributed by atoms with Gasteiger partial charge in [0.2, 0.25) is 0 Å². The molecular formula is C18H20N2O6. The minimum Gasteiger partial charge on any atom is -0.497 e. The Labute approximate surface area is 151 Å². The quantitative estimate of drug-likeness (QED) is 0.357. The average Bonchev–Trinajstić information content (AvgIpc) is 3.25. The first kappa shape index (κ1) is 19.3. The van der Waals surface area contributed by atoms with Crippen molar-refractivity contribution < 1.29 is 29.4 Å². The molecule has 2 unspecified atom stereocenters. The minimum atomic E-state index is -1.82. The zero-order chi connectivity index (χ0) is 18.9. The number of carbonyl (C=O) groups is 2. The van der Waals surface area contributed by atoms with Gasteiger partial charge in [-0.15, -0.1) is 0 Å². The average molecular weight is 360 g/mol. The van der Waals surface area contributed by atoms with Gasteiger partial charge in [-0.3, -0.25) is 4.90 Å². The largest absolute Gasteiger partial charge is 0.497 e. The van der Waals surface area contributed by atoms with Crippen molar-refractivity contribution in [1.29, 1.82) is 0 Å². The molecule has 138 valence electrons. The number of fused-ring (bicyclic) bond motifs is 2. The summed E-state index contributed by atoms with van der Waals surface area (Å²) in [6, 6.07) is 7.68. The van der Waals surface area contributed by atoms with Crippen molar-refractivity contribution in [3.8, 4) is 17.6 Å².